The largest absolute Gasteiger partial charge is 1.00 e. The second-order valence-corrected chi connectivity index (χ2v) is 6.64. The summed E-state index contributed by atoms with van der Waals surface area (Å²) in [4.78, 5) is 16.5. The van der Waals surface area contributed by atoms with Crippen LogP contribution in [0.3, 0.4) is 0 Å². The van der Waals surface area contributed by atoms with Crippen molar-refractivity contribution in [3.63, 3.8) is 0 Å². The summed E-state index contributed by atoms with van der Waals surface area (Å²) in [6, 6.07) is 0. The molecule has 1 atom stereocenters. The Morgan fingerprint density at radius 2 is 1.62 bits per heavy atom. The van der Waals surface area contributed by atoms with Gasteiger partial charge in [0.2, 0.25) is 0 Å². The summed E-state index contributed by atoms with van der Waals surface area (Å²) < 4.78 is -0.315. The fourth-order valence-corrected chi connectivity index (χ4v) is 2.75. The molecule has 1 aliphatic rings. The average molecular weight is 395 g/mol. The molecule has 0 spiro atoms. The molecule has 1 aliphatic heterocycles. The molecular formula is C13H26Cl3N3OTi. The van der Waals surface area contributed by atoms with Crippen molar-refractivity contribution in [3.05, 3.63) is 0 Å². The second kappa shape index (κ2) is 13.6. The van der Waals surface area contributed by atoms with Crippen LogP contribution in [0.25, 0.3) is 0 Å². The van der Waals surface area contributed by atoms with Crippen LogP contribution in [0, 0.1) is 0 Å². The summed E-state index contributed by atoms with van der Waals surface area (Å²) in [5.41, 5.74) is 0. The van der Waals surface area contributed by atoms with Gasteiger partial charge in [-0.1, -0.05) is 0 Å². The van der Waals surface area contributed by atoms with E-state index in [1.807, 2.05) is 0 Å². The minimum Gasteiger partial charge on any atom is -1.00 e. The van der Waals surface area contributed by atoms with E-state index in [1.165, 1.54) is 6.42 Å². The Hall–Kier alpha value is 1.13. The van der Waals surface area contributed by atoms with Crippen LogP contribution in [0.2, 0.25) is 0 Å². The summed E-state index contributed by atoms with van der Waals surface area (Å²) in [5.74, 6) is 0.275. The van der Waals surface area contributed by atoms with Crippen LogP contribution in [0.1, 0.15) is 26.2 Å². The van der Waals surface area contributed by atoms with Gasteiger partial charge in [0.25, 0.3) is 0 Å². The van der Waals surface area contributed by atoms with E-state index in [2.05, 4.69) is 49.6 Å². The Labute approximate surface area is 159 Å². The van der Waals surface area contributed by atoms with E-state index in [9.17, 15) is 4.79 Å². The molecule has 21 heavy (non-hydrogen) atoms. The Morgan fingerprint density at radius 1 is 1.05 bits per heavy atom. The molecule has 0 aromatic heterocycles. The minimum atomic E-state index is -0.315. The van der Waals surface area contributed by atoms with Crippen molar-refractivity contribution in [3.8, 4) is 0 Å². The number of ketones is 1. The summed E-state index contributed by atoms with van der Waals surface area (Å²) in [6.45, 7) is 6.93. The Kier molecular flexibility index (Phi) is 17.4. The van der Waals surface area contributed by atoms with Crippen LogP contribution < -0.4 is 42.5 Å². The third kappa shape index (κ3) is 9.12. The number of hydrogen-bond donors (Lipinski definition) is 1. The van der Waals surface area contributed by atoms with E-state index in [1.54, 1.807) is 6.92 Å². The van der Waals surface area contributed by atoms with Gasteiger partial charge < -0.3 is 37.2 Å². The van der Waals surface area contributed by atoms with E-state index < -0.39 is 0 Å². The van der Waals surface area contributed by atoms with Gasteiger partial charge >= 0.3 is 123 Å². The number of nitrogens with one attached hydrogen (secondary N) is 1. The normalized spacial score (nSPS) is 26.1. The first-order chi connectivity index (χ1) is 8.47. The Balaban J connectivity index is -0.00000108. The summed E-state index contributed by atoms with van der Waals surface area (Å²) in [5, 5.41) is 3.45. The van der Waals surface area contributed by atoms with Gasteiger partial charge in [-0.25, -0.2) is 0 Å². The van der Waals surface area contributed by atoms with Gasteiger partial charge in [-0.2, -0.15) is 0 Å². The number of hydrogen-bond acceptors (Lipinski definition) is 4. The van der Waals surface area contributed by atoms with Crippen LogP contribution >= 0.6 is 0 Å². The molecule has 0 bridgehead atoms. The van der Waals surface area contributed by atoms with Crippen LogP contribution in [0.5, 0.6) is 0 Å². The predicted molar refractivity (Wildman–Crippen MR) is 70.3 cm³/mol. The van der Waals surface area contributed by atoms with Gasteiger partial charge in [-0.15, -0.1) is 0 Å². The third-order valence-corrected chi connectivity index (χ3v) is 5.36. The van der Waals surface area contributed by atoms with Gasteiger partial charge in [0.05, 0.1) is 0 Å². The average Bonchev–Trinajstić information content (AvgIpc) is 2.31. The number of likely N-dealkylation sites (N-methyl/N-ethyl adjacent to an activating group) is 1. The number of rotatable bonds is 1. The van der Waals surface area contributed by atoms with Gasteiger partial charge in [0.1, 0.15) is 0 Å². The van der Waals surface area contributed by atoms with Gasteiger partial charge in [-0.05, 0) is 0 Å². The first kappa shape index (κ1) is 27.0. The number of Topliss-reactive ketones (excluding diaryl/α,β-unsaturated/α-hetero) is 1. The van der Waals surface area contributed by atoms with Crippen molar-refractivity contribution < 1.29 is 62.5 Å². The SMILES string of the molecule is CC(=O)[C]1([Ti+3])CCNCCCN(C)CCCN1C.[Cl-].[Cl-].[Cl-]. The van der Waals surface area contributed by atoms with E-state index in [0.29, 0.717) is 0 Å². The first-order valence-electron chi connectivity index (χ1n) is 6.83. The van der Waals surface area contributed by atoms with Crippen molar-refractivity contribution in [2.24, 2.45) is 0 Å². The molecule has 8 heteroatoms. The van der Waals surface area contributed by atoms with E-state index in [0.717, 1.165) is 45.6 Å². The minimum absolute atomic E-state index is 0. The van der Waals surface area contributed by atoms with Crippen LogP contribution in [-0.4, -0.2) is 66.2 Å². The summed E-state index contributed by atoms with van der Waals surface area (Å²) in [7, 11) is 4.25. The van der Waals surface area contributed by atoms with Crippen LogP contribution in [-0.2, 0) is 25.2 Å². The molecule has 0 aromatic rings. The zero-order chi connectivity index (χ0) is 13.6. The fraction of sp³-hybridized carbons (Fsp3) is 0.923. The molecule has 1 heterocycles. The Morgan fingerprint density at radius 3 is 2.19 bits per heavy atom. The molecule has 124 valence electrons. The smallest absolute Gasteiger partial charge is 1.00 e. The van der Waals surface area contributed by atoms with Crippen molar-refractivity contribution in [1.82, 2.24) is 15.1 Å². The quantitative estimate of drug-likeness (QED) is 0.448. The zero-order valence-corrected chi connectivity index (χ0v) is 16.9. The van der Waals surface area contributed by atoms with Crippen molar-refractivity contribution in [1.29, 1.82) is 0 Å². The second-order valence-electron chi connectivity index (χ2n) is 5.35. The monoisotopic (exact) mass is 393 g/mol. The topological polar surface area (TPSA) is 35.6 Å². The van der Waals surface area contributed by atoms with E-state index >= 15 is 0 Å². The maximum absolute atomic E-state index is 11.9. The molecule has 0 radical (unpaired) electrons. The molecule has 4 nitrogen and oxygen atoms in total. The fourth-order valence-electron chi connectivity index (χ4n) is 2.38. The van der Waals surface area contributed by atoms with E-state index in [-0.39, 0.29) is 46.8 Å². The molecule has 0 saturated carbocycles. The molecule has 0 aliphatic carbocycles. The number of carbonyl (C=O) groups excluding carboxylic acids is 1. The van der Waals surface area contributed by atoms with Crippen molar-refractivity contribution in [2.45, 2.75) is 30.0 Å². The van der Waals surface area contributed by atoms with Gasteiger partial charge in [-0.3, -0.25) is 0 Å². The molecule has 1 N–H and O–H groups in total. The number of halogens is 3. The molecule has 0 amide bonds. The zero-order valence-electron chi connectivity index (χ0n) is 13.1. The number of nitrogens with zero attached hydrogens (tertiary/aromatic N) is 2. The van der Waals surface area contributed by atoms with Gasteiger partial charge in [0, 0.05) is 0 Å². The molecule has 0 aromatic carbocycles. The van der Waals surface area contributed by atoms with Crippen LogP contribution in [0.15, 0.2) is 0 Å². The first-order valence-corrected chi connectivity index (χ1v) is 7.61. The van der Waals surface area contributed by atoms with Crippen molar-refractivity contribution in [2.75, 3.05) is 46.8 Å². The Bertz CT molecular complexity index is 287. The van der Waals surface area contributed by atoms with Crippen molar-refractivity contribution >= 4 is 5.78 Å². The molecule has 1 rings (SSSR count). The van der Waals surface area contributed by atoms with Gasteiger partial charge in [0.15, 0.2) is 0 Å². The van der Waals surface area contributed by atoms with Crippen LogP contribution in [0.4, 0.5) is 0 Å². The molecular weight excluding hydrogens is 368 g/mol. The summed E-state index contributed by atoms with van der Waals surface area (Å²) in [6.07, 6.45) is 3.21. The molecule has 1 unspecified atom stereocenters. The molecule has 1 saturated heterocycles. The summed E-state index contributed by atoms with van der Waals surface area (Å²) >= 11 is 2.08. The maximum Gasteiger partial charge on any atom is -1.00 e. The predicted octanol–water partition coefficient (Wildman–Crippen LogP) is -8.53. The third-order valence-electron chi connectivity index (χ3n) is 3.82. The maximum atomic E-state index is 11.9. The standard InChI is InChI=1S/C13H26N3O.3ClH.Ti/c1-12(17)13-6-8-14-7-4-9-15(2)10-5-11-16(13)3;;;;/h14H,4-11H2,1-3H3;3*1H;/q;;;;+3/p-3. The molecule has 1 fully saturated rings. The number of carbonyl (C=O) groups is 1. The van der Waals surface area contributed by atoms with E-state index in [4.69, 9.17) is 0 Å².